The fourth-order valence-electron chi connectivity index (χ4n) is 2.01. The highest BCUT2D eigenvalue weighted by Crippen LogP contribution is 2.21. The standard InChI is InChI=1S/C17H17N/c1-2-3-14-18-17(15-10-6-4-7-11-15)16-12-8-5-9-13-16/h1,4-13,17-18H,3,14H2. The van der Waals surface area contributed by atoms with Crippen LogP contribution in [0.2, 0.25) is 0 Å². The number of rotatable bonds is 5. The van der Waals surface area contributed by atoms with Crippen molar-refractivity contribution in [2.75, 3.05) is 6.54 Å². The molecule has 0 aliphatic heterocycles. The molecule has 0 saturated carbocycles. The Morgan fingerprint density at radius 1 is 0.889 bits per heavy atom. The summed E-state index contributed by atoms with van der Waals surface area (Å²) in [6.07, 6.45) is 6.05. The topological polar surface area (TPSA) is 12.0 Å². The molecule has 0 aliphatic carbocycles. The van der Waals surface area contributed by atoms with Crippen molar-refractivity contribution >= 4 is 0 Å². The van der Waals surface area contributed by atoms with E-state index in [0.717, 1.165) is 13.0 Å². The van der Waals surface area contributed by atoms with E-state index in [-0.39, 0.29) is 6.04 Å². The molecule has 0 bridgehead atoms. The Bertz CT molecular complexity index is 457. The van der Waals surface area contributed by atoms with E-state index >= 15 is 0 Å². The molecule has 0 fully saturated rings. The van der Waals surface area contributed by atoms with Crippen molar-refractivity contribution in [2.45, 2.75) is 12.5 Å². The van der Waals surface area contributed by atoms with Gasteiger partial charge < -0.3 is 5.32 Å². The van der Waals surface area contributed by atoms with Crippen LogP contribution in [0.5, 0.6) is 0 Å². The van der Waals surface area contributed by atoms with Gasteiger partial charge in [-0.1, -0.05) is 60.7 Å². The highest BCUT2D eigenvalue weighted by atomic mass is 14.9. The van der Waals surface area contributed by atoms with Crippen molar-refractivity contribution in [3.05, 3.63) is 71.8 Å². The van der Waals surface area contributed by atoms with Crippen LogP contribution in [0.4, 0.5) is 0 Å². The molecule has 0 amide bonds. The summed E-state index contributed by atoms with van der Waals surface area (Å²) in [5.41, 5.74) is 2.53. The molecule has 0 aromatic heterocycles. The van der Waals surface area contributed by atoms with Gasteiger partial charge in [0, 0.05) is 13.0 Å². The van der Waals surface area contributed by atoms with E-state index in [1.807, 2.05) is 12.1 Å². The summed E-state index contributed by atoms with van der Waals surface area (Å²) in [6, 6.07) is 21.1. The minimum absolute atomic E-state index is 0.209. The predicted molar refractivity (Wildman–Crippen MR) is 76.2 cm³/mol. The minimum atomic E-state index is 0.209. The quantitative estimate of drug-likeness (QED) is 0.618. The van der Waals surface area contributed by atoms with Crippen LogP contribution in [0.3, 0.4) is 0 Å². The number of nitrogens with one attached hydrogen (secondary N) is 1. The Morgan fingerprint density at radius 2 is 1.39 bits per heavy atom. The molecule has 18 heavy (non-hydrogen) atoms. The Kier molecular flexibility index (Phi) is 4.58. The summed E-state index contributed by atoms with van der Waals surface area (Å²) in [5, 5.41) is 3.51. The van der Waals surface area contributed by atoms with Gasteiger partial charge in [-0.25, -0.2) is 0 Å². The molecule has 90 valence electrons. The van der Waals surface area contributed by atoms with Crippen molar-refractivity contribution in [1.29, 1.82) is 0 Å². The Balaban J connectivity index is 2.21. The van der Waals surface area contributed by atoms with E-state index in [1.54, 1.807) is 0 Å². The lowest BCUT2D eigenvalue weighted by Gasteiger charge is -2.19. The van der Waals surface area contributed by atoms with Crippen LogP contribution >= 0.6 is 0 Å². The van der Waals surface area contributed by atoms with Crippen molar-refractivity contribution < 1.29 is 0 Å². The van der Waals surface area contributed by atoms with Gasteiger partial charge in [0.05, 0.1) is 6.04 Å². The SMILES string of the molecule is C#CCCNC(c1ccccc1)c1ccccc1. The average molecular weight is 235 g/mol. The van der Waals surface area contributed by atoms with Crippen LogP contribution in [0, 0.1) is 12.3 Å². The third-order valence-corrected chi connectivity index (χ3v) is 2.88. The maximum Gasteiger partial charge on any atom is 0.0577 e. The van der Waals surface area contributed by atoms with Crippen LogP contribution in [0.25, 0.3) is 0 Å². The van der Waals surface area contributed by atoms with Crippen molar-refractivity contribution in [1.82, 2.24) is 5.32 Å². The van der Waals surface area contributed by atoms with Gasteiger partial charge in [0.2, 0.25) is 0 Å². The van der Waals surface area contributed by atoms with Crippen LogP contribution in [-0.4, -0.2) is 6.54 Å². The molecule has 0 radical (unpaired) electrons. The largest absolute Gasteiger partial charge is 0.305 e. The van der Waals surface area contributed by atoms with Crippen LogP contribution in [-0.2, 0) is 0 Å². The fourth-order valence-corrected chi connectivity index (χ4v) is 2.01. The van der Waals surface area contributed by atoms with Gasteiger partial charge >= 0.3 is 0 Å². The molecule has 0 spiro atoms. The summed E-state index contributed by atoms with van der Waals surface area (Å²) in [4.78, 5) is 0. The molecule has 1 nitrogen and oxygen atoms in total. The van der Waals surface area contributed by atoms with Gasteiger partial charge in [-0.05, 0) is 11.1 Å². The Labute approximate surface area is 109 Å². The van der Waals surface area contributed by atoms with Gasteiger partial charge in [0.1, 0.15) is 0 Å². The number of terminal acetylenes is 1. The second-order valence-corrected chi connectivity index (χ2v) is 4.16. The van der Waals surface area contributed by atoms with E-state index in [2.05, 4.69) is 59.8 Å². The Hall–Kier alpha value is -2.04. The van der Waals surface area contributed by atoms with Crippen LogP contribution in [0.1, 0.15) is 23.6 Å². The van der Waals surface area contributed by atoms with Crippen molar-refractivity contribution in [2.24, 2.45) is 0 Å². The first-order valence-corrected chi connectivity index (χ1v) is 6.18. The molecule has 1 N–H and O–H groups in total. The number of hydrogen-bond donors (Lipinski definition) is 1. The normalized spacial score (nSPS) is 10.2. The van der Waals surface area contributed by atoms with E-state index in [0.29, 0.717) is 0 Å². The fraction of sp³-hybridized carbons (Fsp3) is 0.176. The lowest BCUT2D eigenvalue weighted by atomic mass is 9.99. The molecular formula is C17H17N. The lowest BCUT2D eigenvalue weighted by molar-refractivity contribution is 0.614. The zero-order valence-corrected chi connectivity index (χ0v) is 10.3. The van der Waals surface area contributed by atoms with Gasteiger partial charge in [0.25, 0.3) is 0 Å². The molecule has 1 heteroatoms. The Morgan fingerprint density at radius 3 is 1.83 bits per heavy atom. The monoisotopic (exact) mass is 235 g/mol. The van der Waals surface area contributed by atoms with Crippen molar-refractivity contribution in [3.63, 3.8) is 0 Å². The predicted octanol–water partition coefficient (Wildman–Crippen LogP) is 3.39. The molecular weight excluding hydrogens is 218 g/mol. The highest BCUT2D eigenvalue weighted by Gasteiger charge is 2.11. The van der Waals surface area contributed by atoms with E-state index in [9.17, 15) is 0 Å². The van der Waals surface area contributed by atoms with Crippen LogP contribution in [0.15, 0.2) is 60.7 Å². The zero-order chi connectivity index (χ0) is 12.6. The van der Waals surface area contributed by atoms with Crippen LogP contribution < -0.4 is 5.32 Å². The van der Waals surface area contributed by atoms with E-state index in [1.165, 1.54) is 11.1 Å². The van der Waals surface area contributed by atoms with Gasteiger partial charge in [0.15, 0.2) is 0 Å². The minimum Gasteiger partial charge on any atom is -0.305 e. The molecule has 0 saturated heterocycles. The average Bonchev–Trinajstić information content (AvgIpc) is 2.46. The molecule has 0 heterocycles. The third-order valence-electron chi connectivity index (χ3n) is 2.88. The lowest BCUT2D eigenvalue weighted by Crippen LogP contribution is -2.23. The summed E-state index contributed by atoms with van der Waals surface area (Å²) < 4.78 is 0. The third kappa shape index (κ3) is 3.23. The number of benzene rings is 2. The van der Waals surface area contributed by atoms with Gasteiger partial charge in [-0.15, -0.1) is 12.3 Å². The smallest absolute Gasteiger partial charge is 0.0577 e. The van der Waals surface area contributed by atoms with Crippen molar-refractivity contribution in [3.8, 4) is 12.3 Å². The first-order valence-electron chi connectivity index (χ1n) is 6.18. The maximum absolute atomic E-state index is 5.30. The molecule has 0 atom stereocenters. The molecule has 2 rings (SSSR count). The zero-order valence-electron chi connectivity index (χ0n) is 10.3. The second kappa shape index (κ2) is 6.64. The van der Waals surface area contributed by atoms with E-state index < -0.39 is 0 Å². The second-order valence-electron chi connectivity index (χ2n) is 4.16. The van der Waals surface area contributed by atoms with Gasteiger partial charge in [-0.2, -0.15) is 0 Å². The molecule has 2 aromatic carbocycles. The number of hydrogen-bond acceptors (Lipinski definition) is 1. The summed E-state index contributed by atoms with van der Waals surface area (Å²) in [6.45, 7) is 0.824. The summed E-state index contributed by atoms with van der Waals surface area (Å²) in [5.74, 6) is 2.66. The van der Waals surface area contributed by atoms with Gasteiger partial charge in [-0.3, -0.25) is 0 Å². The molecule has 0 unspecified atom stereocenters. The summed E-state index contributed by atoms with van der Waals surface area (Å²) in [7, 11) is 0. The molecule has 2 aromatic rings. The summed E-state index contributed by atoms with van der Waals surface area (Å²) >= 11 is 0. The first kappa shape index (κ1) is 12.4. The van der Waals surface area contributed by atoms with E-state index in [4.69, 9.17) is 6.42 Å². The first-order chi connectivity index (χ1) is 8.92. The molecule has 0 aliphatic rings. The highest BCUT2D eigenvalue weighted by molar-refractivity contribution is 5.31. The maximum atomic E-state index is 5.30.